The molecule has 4 heterocycles. The number of nitrogens with one attached hydrogen (secondary N) is 1. The van der Waals surface area contributed by atoms with Crippen molar-refractivity contribution in [3.63, 3.8) is 0 Å². The van der Waals surface area contributed by atoms with Crippen LogP contribution in [0.4, 0.5) is 0 Å². The van der Waals surface area contributed by atoms with E-state index >= 15 is 0 Å². The first-order valence-corrected chi connectivity index (χ1v) is 12.9. The first kappa shape index (κ1) is 21.8. The molecule has 0 spiro atoms. The molecule has 1 saturated carbocycles. The maximum atomic E-state index is 5.49. The van der Waals surface area contributed by atoms with Gasteiger partial charge in [-0.3, -0.25) is 0 Å². The van der Waals surface area contributed by atoms with Crippen LogP contribution in [0.2, 0.25) is 0 Å². The summed E-state index contributed by atoms with van der Waals surface area (Å²) in [5, 5.41) is 5.77. The number of hydrogen-bond donors (Lipinski definition) is 1. The molecule has 5 nitrogen and oxygen atoms in total. The zero-order chi connectivity index (χ0) is 23.4. The van der Waals surface area contributed by atoms with E-state index in [4.69, 9.17) is 4.74 Å². The number of H-pyrrole nitrogens is 1. The molecule has 1 N–H and O–H groups in total. The van der Waals surface area contributed by atoms with E-state index in [1.54, 1.807) is 6.33 Å². The molecule has 0 atom stereocenters. The van der Waals surface area contributed by atoms with Gasteiger partial charge in [0.2, 0.25) is 0 Å². The van der Waals surface area contributed by atoms with Crippen LogP contribution >= 0.6 is 0 Å². The Morgan fingerprint density at radius 3 is 2.65 bits per heavy atom. The van der Waals surface area contributed by atoms with Crippen molar-refractivity contribution in [2.45, 2.75) is 71.6 Å². The molecule has 0 unspecified atom stereocenters. The molecule has 4 aromatic rings. The predicted molar refractivity (Wildman–Crippen MR) is 137 cm³/mol. The molecule has 6 rings (SSSR count). The van der Waals surface area contributed by atoms with Crippen LogP contribution in [0, 0.1) is 18.3 Å². The number of benzene rings is 1. The number of fused-ring (bicyclic) bond motifs is 2. The lowest BCUT2D eigenvalue weighted by Crippen LogP contribution is -2.41. The molecule has 3 aromatic heterocycles. The number of hydrogen-bond acceptors (Lipinski definition) is 3. The third-order valence-electron chi connectivity index (χ3n) is 8.29. The first-order chi connectivity index (χ1) is 16.4. The Kier molecular flexibility index (Phi) is 5.29. The van der Waals surface area contributed by atoms with Gasteiger partial charge in [0.25, 0.3) is 0 Å². The monoisotopic (exact) mass is 456 g/mol. The highest BCUT2D eigenvalue weighted by atomic mass is 16.5. The van der Waals surface area contributed by atoms with Gasteiger partial charge in [0.05, 0.1) is 18.9 Å². The van der Waals surface area contributed by atoms with Crippen molar-refractivity contribution in [3.05, 3.63) is 53.5 Å². The average Bonchev–Trinajstić information content (AvgIpc) is 3.43. The van der Waals surface area contributed by atoms with E-state index in [1.165, 1.54) is 65.4 Å². The van der Waals surface area contributed by atoms with Crippen molar-refractivity contribution in [3.8, 4) is 11.3 Å². The number of rotatable bonds is 5. The highest BCUT2D eigenvalue weighted by Crippen LogP contribution is 2.44. The first-order valence-electron chi connectivity index (χ1n) is 12.9. The smallest absolute Gasteiger partial charge is 0.158 e. The Labute approximate surface area is 201 Å². The second-order valence-corrected chi connectivity index (χ2v) is 11.5. The lowest BCUT2D eigenvalue weighted by molar-refractivity contribution is -0.115. The summed E-state index contributed by atoms with van der Waals surface area (Å²) < 4.78 is 7.38. The Balaban J connectivity index is 1.31. The molecule has 0 radical (unpaired) electrons. The largest absolute Gasteiger partial charge is 0.380 e. The van der Waals surface area contributed by atoms with E-state index in [2.05, 4.69) is 73.2 Å². The van der Waals surface area contributed by atoms with Crippen LogP contribution in [-0.2, 0) is 4.74 Å². The molecule has 178 valence electrons. The summed E-state index contributed by atoms with van der Waals surface area (Å²) in [4.78, 5) is 8.13. The number of aromatic nitrogens is 4. The fraction of sp³-hybridized carbons (Fsp3) is 0.517. The van der Waals surface area contributed by atoms with Gasteiger partial charge in [-0.25, -0.2) is 9.50 Å². The SMILES string of the molecule is Cc1cc(-c2[nH]c3ccc(C4CCC(CC5(C)COC5)CC4)cc3c2C(C)C)cn2ncnc12. The van der Waals surface area contributed by atoms with E-state index in [9.17, 15) is 0 Å². The topological polar surface area (TPSA) is 55.2 Å². The van der Waals surface area contributed by atoms with Gasteiger partial charge in [-0.15, -0.1) is 0 Å². The van der Waals surface area contributed by atoms with Crippen molar-refractivity contribution < 1.29 is 4.74 Å². The molecule has 1 aromatic carbocycles. The molecule has 2 aliphatic rings. The molecule has 1 aliphatic carbocycles. The Morgan fingerprint density at radius 1 is 1.15 bits per heavy atom. The fourth-order valence-corrected chi connectivity index (χ4v) is 6.51. The zero-order valence-corrected chi connectivity index (χ0v) is 20.9. The highest BCUT2D eigenvalue weighted by Gasteiger charge is 2.37. The summed E-state index contributed by atoms with van der Waals surface area (Å²) in [6, 6.07) is 9.39. The van der Waals surface area contributed by atoms with E-state index in [0.717, 1.165) is 30.3 Å². The molecule has 0 amide bonds. The Morgan fingerprint density at radius 2 is 1.94 bits per heavy atom. The van der Waals surface area contributed by atoms with Crippen LogP contribution in [0.15, 0.2) is 36.8 Å². The van der Waals surface area contributed by atoms with Crippen molar-refractivity contribution in [2.24, 2.45) is 11.3 Å². The van der Waals surface area contributed by atoms with Gasteiger partial charge < -0.3 is 9.72 Å². The van der Waals surface area contributed by atoms with E-state index in [1.807, 2.05) is 4.52 Å². The van der Waals surface area contributed by atoms with Gasteiger partial charge >= 0.3 is 0 Å². The zero-order valence-electron chi connectivity index (χ0n) is 20.9. The summed E-state index contributed by atoms with van der Waals surface area (Å²) in [6.07, 6.45) is 10.4. The van der Waals surface area contributed by atoms with Crippen molar-refractivity contribution >= 4 is 16.6 Å². The van der Waals surface area contributed by atoms with Crippen molar-refractivity contribution in [2.75, 3.05) is 13.2 Å². The minimum Gasteiger partial charge on any atom is -0.380 e. The second-order valence-electron chi connectivity index (χ2n) is 11.5. The van der Waals surface area contributed by atoms with Crippen LogP contribution in [0.1, 0.15) is 81.4 Å². The fourth-order valence-electron chi connectivity index (χ4n) is 6.51. The maximum absolute atomic E-state index is 5.49. The third-order valence-corrected chi connectivity index (χ3v) is 8.29. The molecule has 34 heavy (non-hydrogen) atoms. The molecular formula is C29H36N4O. The second kappa shape index (κ2) is 8.23. The standard InChI is InChI=1S/C29H36N4O/c1-18(2)26-24-12-22(21-7-5-20(6-8-21)13-29(4)15-34-16-29)9-10-25(24)32-27(26)23-11-19(3)28-30-17-31-33(28)14-23/h9-12,14,17-18,20-21,32H,5-8,13,15-16H2,1-4H3. The normalized spacial score (nSPS) is 22.5. The van der Waals surface area contributed by atoms with Gasteiger partial charge in [0.1, 0.15) is 6.33 Å². The summed E-state index contributed by atoms with van der Waals surface area (Å²) in [7, 11) is 0. The number of aromatic amines is 1. The Hall–Kier alpha value is -2.66. The minimum atomic E-state index is 0.423. The van der Waals surface area contributed by atoms with Crippen LogP contribution in [0.25, 0.3) is 27.8 Å². The van der Waals surface area contributed by atoms with Gasteiger partial charge in [-0.1, -0.05) is 26.8 Å². The Bertz CT molecular complexity index is 1340. The summed E-state index contributed by atoms with van der Waals surface area (Å²) >= 11 is 0. The van der Waals surface area contributed by atoms with Crippen LogP contribution in [0.5, 0.6) is 0 Å². The number of pyridine rings is 1. The van der Waals surface area contributed by atoms with Crippen LogP contribution in [-0.4, -0.2) is 32.8 Å². The van der Waals surface area contributed by atoms with Crippen molar-refractivity contribution in [1.82, 2.24) is 19.6 Å². The lowest BCUT2D eigenvalue weighted by Gasteiger charge is -2.42. The lowest BCUT2D eigenvalue weighted by atomic mass is 9.71. The van der Waals surface area contributed by atoms with E-state index in [-0.39, 0.29) is 0 Å². The third kappa shape index (κ3) is 3.74. The van der Waals surface area contributed by atoms with Crippen LogP contribution < -0.4 is 0 Å². The number of ether oxygens (including phenoxy) is 1. The predicted octanol–water partition coefficient (Wildman–Crippen LogP) is 7.01. The highest BCUT2D eigenvalue weighted by molar-refractivity contribution is 5.92. The molecule has 1 saturated heterocycles. The van der Waals surface area contributed by atoms with Crippen molar-refractivity contribution in [1.29, 1.82) is 0 Å². The number of aryl methyl sites for hydroxylation is 1. The average molecular weight is 457 g/mol. The quantitative estimate of drug-likeness (QED) is 0.351. The van der Waals surface area contributed by atoms with Gasteiger partial charge in [0, 0.05) is 28.1 Å². The minimum absolute atomic E-state index is 0.423. The maximum Gasteiger partial charge on any atom is 0.158 e. The van der Waals surface area contributed by atoms with Gasteiger partial charge in [-0.05, 0) is 91.7 Å². The summed E-state index contributed by atoms with van der Waals surface area (Å²) in [5.74, 6) is 1.97. The number of nitrogens with zero attached hydrogens (tertiary/aromatic N) is 3. The van der Waals surface area contributed by atoms with Crippen LogP contribution in [0.3, 0.4) is 0 Å². The van der Waals surface area contributed by atoms with E-state index < -0.39 is 0 Å². The molecule has 2 fully saturated rings. The van der Waals surface area contributed by atoms with Gasteiger partial charge in [-0.2, -0.15) is 5.10 Å². The van der Waals surface area contributed by atoms with Gasteiger partial charge in [0.15, 0.2) is 5.65 Å². The molecule has 0 bridgehead atoms. The molecule has 1 aliphatic heterocycles. The molecular weight excluding hydrogens is 420 g/mol. The molecule has 5 heteroatoms. The summed E-state index contributed by atoms with van der Waals surface area (Å²) in [5.41, 5.74) is 9.03. The summed E-state index contributed by atoms with van der Waals surface area (Å²) in [6.45, 7) is 11.0. The van der Waals surface area contributed by atoms with E-state index in [0.29, 0.717) is 17.3 Å².